The molecule has 3 rings (SSSR count). The van der Waals surface area contributed by atoms with Gasteiger partial charge in [0.25, 0.3) is 0 Å². The molecule has 0 saturated heterocycles. The van der Waals surface area contributed by atoms with Gasteiger partial charge < -0.3 is 0 Å². The number of aryl methyl sites for hydroxylation is 3. The quantitative estimate of drug-likeness (QED) is 0.564. The number of aromatic nitrogens is 2. The third-order valence-corrected chi connectivity index (χ3v) is 4.00. The number of nitrogens with zero attached hydrogens (tertiary/aromatic N) is 4. The molecule has 4 heteroatoms. The summed E-state index contributed by atoms with van der Waals surface area (Å²) in [7, 11) is 0. The molecular weight excluding hydrogens is 284 g/mol. The van der Waals surface area contributed by atoms with Crippen LogP contribution in [0.4, 0.5) is 11.5 Å². The van der Waals surface area contributed by atoms with Gasteiger partial charge in [0.05, 0.1) is 11.4 Å². The summed E-state index contributed by atoms with van der Waals surface area (Å²) >= 11 is 0. The van der Waals surface area contributed by atoms with Crippen LogP contribution in [-0.4, -0.2) is 9.38 Å². The topological polar surface area (TPSA) is 42.0 Å². The summed E-state index contributed by atoms with van der Waals surface area (Å²) in [5.74, 6) is 1.11. The molecule has 0 N–H and O–H groups in total. The van der Waals surface area contributed by atoms with Crippen LogP contribution < -0.4 is 0 Å². The van der Waals surface area contributed by atoms with Crippen LogP contribution in [0, 0.1) is 20.8 Å². The van der Waals surface area contributed by atoms with Crippen LogP contribution in [-0.2, 0) is 0 Å². The first-order valence-corrected chi connectivity index (χ1v) is 7.94. The van der Waals surface area contributed by atoms with Crippen molar-refractivity contribution in [2.75, 3.05) is 0 Å². The minimum atomic E-state index is 0.294. The van der Waals surface area contributed by atoms with Gasteiger partial charge in [-0.15, -0.1) is 10.2 Å². The minimum absolute atomic E-state index is 0.294. The molecule has 0 aliphatic rings. The molecule has 1 aromatic carbocycles. The Kier molecular flexibility index (Phi) is 3.99. The van der Waals surface area contributed by atoms with Crippen LogP contribution in [0.25, 0.3) is 5.65 Å². The van der Waals surface area contributed by atoms with Crippen molar-refractivity contribution < 1.29 is 0 Å². The Hall–Kier alpha value is -2.49. The maximum atomic E-state index is 4.72. The predicted molar refractivity (Wildman–Crippen MR) is 94.1 cm³/mol. The van der Waals surface area contributed by atoms with E-state index in [0.29, 0.717) is 5.92 Å². The lowest BCUT2D eigenvalue weighted by atomic mass is 10.1. The highest BCUT2D eigenvalue weighted by Crippen LogP contribution is 2.31. The fraction of sp³-hybridized carbons (Fsp3) is 0.316. The summed E-state index contributed by atoms with van der Waals surface area (Å²) < 4.78 is 2.03. The highest BCUT2D eigenvalue weighted by molar-refractivity contribution is 5.55. The largest absolute Gasteiger partial charge is 0.283 e. The normalized spacial score (nSPS) is 11.9. The average Bonchev–Trinajstić information content (AvgIpc) is 2.85. The van der Waals surface area contributed by atoms with Crippen molar-refractivity contribution in [2.24, 2.45) is 10.2 Å². The number of rotatable bonds is 3. The monoisotopic (exact) mass is 306 g/mol. The molecule has 0 bridgehead atoms. The van der Waals surface area contributed by atoms with Crippen LogP contribution in [0.15, 0.2) is 46.8 Å². The Bertz CT molecular complexity index is 868. The number of pyridine rings is 1. The Labute approximate surface area is 136 Å². The third kappa shape index (κ3) is 2.89. The van der Waals surface area contributed by atoms with Crippen molar-refractivity contribution in [2.45, 2.75) is 40.5 Å². The molecule has 0 aliphatic carbocycles. The summed E-state index contributed by atoms with van der Waals surface area (Å²) in [6, 6.07) is 10.3. The maximum absolute atomic E-state index is 4.72. The standard InChI is InChI=1S/C19H22N4/c1-12(2)17-19(23-11-13(3)9-10-16(23)20-17)22-21-18-14(4)7-6-8-15(18)5/h6-12H,1-5H3. The second-order valence-electron chi connectivity index (χ2n) is 6.35. The van der Waals surface area contributed by atoms with Gasteiger partial charge in [-0.25, -0.2) is 4.98 Å². The first kappa shape index (κ1) is 15.4. The van der Waals surface area contributed by atoms with Crippen molar-refractivity contribution in [3.63, 3.8) is 0 Å². The molecule has 0 unspecified atom stereocenters. The lowest BCUT2D eigenvalue weighted by Gasteiger charge is -2.04. The smallest absolute Gasteiger partial charge is 0.183 e. The Balaban J connectivity index is 2.17. The molecule has 0 radical (unpaired) electrons. The van der Waals surface area contributed by atoms with Gasteiger partial charge >= 0.3 is 0 Å². The number of imidazole rings is 1. The predicted octanol–water partition coefficient (Wildman–Crippen LogP) is 5.80. The summed E-state index contributed by atoms with van der Waals surface area (Å²) in [5.41, 5.74) is 6.26. The summed E-state index contributed by atoms with van der Waals surface area (Å²) in [5, 5.41) is 9.11. The first-order valence-electron chi connectivity index (χ1n) is 7.94. The highest BCUT2D eigenvalue weighted by Gasteiger charge is 2.15. The zero-order chi connectivity index (χ0) is 16.6. The van der Waals surface area contributed by atoms with Crippen LogP contribution in [0.1, 0.15) is 42.1 Å². The molecule has 0 atom stereocenters. The first-order chi connectivity index (χ1) is 11.0. The molecule has 0 saturated carbocycles. The Morgan fingerprint density at radius 1 is 0.957 bits per heavy atom. The van der Waals surface area contributed by atoms with E-state index in [2.05, 4.69) is 69.2 Å². The van der Waals surface area contributed by atoms with E-state index in [-0.39, 0.29) is 0 Å². The second kappa shape index (κ2) is 5.95. The summed E-state index contributed by atoms with van der Waals surface area (Å²) in [4.78, 5) is 4.72. The Morgan fingerprint density at radius 2 is 1.65 bits per heavy atom. The third-order valence-electron chi connectivity index (χ3n) is 4.00. The van der Waals surface area contributed by atoms with E-state index in [1.54, 1.807) is 0 Å². The lowest BCUT2D eigenvalue weighted by molar-refractivity contribution is 0.831. The van der Waals surface area contributed by atoms with Gasteiger partial charge in [-0.05, 0) is 49.4 Å². The zero-order valence-electron chi connectivity index (χ0n) is 14.3. The summed E-state index contributed by atoms with van der Waals surface area (Å²) in [6.45, 7) is 10.5. The van der Waals surface area contributed by atoms with Gasteiger partial charge in [0, 0.05) is 6.20 Å². The van der Waals surface area contributed by atoms with Gasteiger partial charge in [-0.1, -0.05) is 38.1 Å². The van der Waals surface area contributed by atoms with E-state index in [9.17, 15) is 0 Å². The van der Waals surface area contributed by atoms with E-state index in [4.69, 9.17) is 4.98 Å². The molecule has 0 fully saturated rings. The number of hydrogen-bond acceptors (Lipinski definition) is 3. The fourth-order valence-electron chi connectivity index (χ4n) is 2.70. The summed E-state index contributed by atoms with van der Waals surface area (Å²) in [6.07, 6.45) is 2.06. The van der Waals surface area contributed by atoms with E-state index in [1.165, 1.54) is 5.56 Å². The van der Waals surface area contributed by atoms with E-state index < -0.39 is 0 Å². The number of hydrogen-bond donors (Lipinski definition) is 0. The van der Waals surface area contributed by atoms with E-state index >= 15 is 0 Å². The second-order valence-corrected chi connectivity index (χ2v) is 6.35. The number of benzene rings is 1. The van der Waals surface area contributed by atoms with Crippen molar-refractivity contribution in [1.82, 2.24) is 9.38 Å². The van der Waals surface area contributed by atoms with Crippen LogP contribution in [0.2, 0.25) is 0 Å². The van der Waals surface area contributed by atoms with Crippen molar-refractivity contribution in [3.05, 3.63) is 58.9 Å². The minimum Gasteiger partial charge on any atom is -0.283 e. The van der Waals surface area contributed by atoms with Crippen LogP contribution >= 0.6 is 0 Å². The maximum Gasteiger partial charge on any atom is 0.183 e. The van der Waals surface area contributed by atoms with Crippen molar-refractivity contribution >= 4 is 17.2 Å². The number of azo groups is 1. The van der Waals surface area contributed by atoms with Crippen molar-refractivity contribution in [1.29, 1.82) is 0 Å². The molecule has 3 aromatic rings. The van der Waals surface area contributed by atoms with Gasteiger partial charge in [-0.2, -0.15) is 0 Å². The molecule has 0 aliphatic heterocycles. The van der Waals surface area contributed by atoms with E-state index in [0.717, 1.165) is 34.0 Å². The molecule has 0 spiro atoms. The molecule has 0 amide bonds. The van der Waals surface area contributed by atoms with Gasteiger partial charge in [0.15, 0.2) is 5.82 Å². The zero-order valence-corrected chi connectivity index (χ0v) is 14.3. The van der Waals surface area contributed by atoms with Crippen LogP contribution in [0.3, 0.4) is 0 Å². The Morgan fingerprint density at radius 3 is 2.30 bits per heavy atom. The average molecular weight is 306 g/mol. The van der Waals surface area contributed by atoms with E-state index in [1.807, 2.05) is 16.5 Å². The molecule has 23 heavy (non-hydrogen) atoms. The highest BCUT2D eigenvalue weighted by atomic mass is 15.2. The molecule has 4 nitrogen and oxygen atoms in total. The molecule has 2 heterocycles. The fourth-order valence-corrected chi connectivity index (χ4v) is 2.70. The van der Waals surface area contributed by atoms with Gasteiger partial charge in [0.2, 0.25) is 0 Å². The van der Waals surface area contributed by atoms with Crippen molar-refractivity contribution in [3.8, 4) is 0 Å². The molecule has 118 valence electrons. The number of fused-ring (bicyclic) bond motifs is 1. The van der Waals surface area contributed by atoms with Gasteiger partial charge in [0.1, 0.15) is 5.65 Å². The SMILES string of the molecule is Cc1ccc2nc(C(C)C)c(N=Nc3c(C)cccc3C)n2c1. The van der Waals surface area contributed by atoms with Crippen LogP contribution in [0.5, 0.6) is 0 Å². The molecule has 2 aromatic heterocycles. The van der Waals surface area contributed by atoms with Gasteiger partial charge in [-0.3, -0.25) is 4.40 Å². The molecular formula is C19H22N4. The lowest BCUT2D eigenvalue weighted by Crippen LogP contribution is -1.88.